The van der Waals surface area contributed by atoms with E-state index in [4.69, 9.17) is 11.6 Å². The molecule has 3 heteroatoms. The predicted octanol–water partition coefficient (Wildman–Crippen LogP) is 1.30. The van der Waals surface area contributed by atoms with Crippen molar-refractivity contribution in [3.05, 3.63) is 11.8 Å². The molecule has 0 aromatic heterocycles. The normalized spacial score (nSPS) is 11.1. The molecule has 0 bridgehead atoms. The van der Waals surface area contributed by atoms with Crippen molar-refractivity contribution in [1.29, 1.82) is 0 Å². The lowest BCUT2D eigenvalue weighted by Gasteiger charge is -1.94. The van der Waals surface area contributed by atoms with Crippen LogP contribution in [0.1, 0.15) is 6.92 Å². The van der Waals surface area contributed by atoms with Crippen LogP contribution in [-0.4, -0.2) is 12.4 Å². The molecular weight excluding hydrogens is 128 g/mol. The van der Waals surface area contributed by atoms with Crippen LogP contribution in [0.5, 0.6) is 0 Å². The highest BCUT2D eigenvalue weighted by atomic mass is 35.5. The molecule has 0 aromatic carbocycles. The highest BCUT2D eigenvalue weighted by Crippen LogP contribution is 1.98. The zero-order valence-electron chi connectivity index (χ0n) is 4.77. The third kappa shape index (κ3) is 1.98. The van der Waals surface area contributed by atoms with E-state index in [0.717, 1.165) is 0 Å². The maximum absolute atomic E-state index is 10.2. The lowest BCUT2D eigenvalue weighted by Crippen LogP contribution is -1.93. The van der Waals surface area contributed by atoms with E-state index in [1.807, 2.05) is 0 Å². The minimum atomic E-state index is -0.560. The second kappa shape index (κ2) is 3.50. The van der Waals surface area contributed by atoms with Crippen LogP contribution in [0.2, 0.25) is 0 Å². The van der Waals surface area contributed by atoms with Crippen LogP contribution >= 0.6 is 11.6 Å². The molecule has 0 unspecified atom stereocenters. The van der Waals surface area contributed by atoms with Gasteiger partial charge in [0.25, 0.3) is 5.24 Å². The number of ether oxygens (including phenoxy) is 1. The highest BCUT2D eigenvalue weighted by molar-refractivity contribution is 6.67. The summed E-state index contributed by atoms with van der Waals surface area (Å²) in [6.45, 7) is 1.68. The Hall–Kier alpha value is -0.500. The molecule has 0 saturated carbocycles. The van der Waals surface area contributed by atoms with Crippen molar-refractivity contribution in [2.75, 3.05) is 7.11 Å². The smallest absolute Gasteiger partial charge is 0.286 e. The number of halogens is 1. The molecule has 0 aromatic rings. The van der Waals surface area contributed by atoms with Gasteiger partial charge in [0.15, 0.2) is 5.76 Å². The van der Waals surface area contributed by atoms with E-state index in [2.05, 4.69) is 4.74 Å². The summed E-state index contributed by atoms with van der Waals surface area (Å²) in [5.41, 5.74) is 0. The van der Waals surface area contributed by atoms with Gasteiger partial charge in [0, 0.05) is 0 Å². The van der Waals surface area contributed by atoms with E-state index in [1.165, 1.54) is 13.2 Å². The molecule has 0 radical (unpaired) electrons. The summed E-state index contributed by atoms with van der Waals surface area (Å²) in [5, 5.41) is -0.560. The first-order chi connectivity index (χ1) is 3.72. The average molecular weight is 135 g/mol. The minimum Gasteiger partial charge on any atom is -0.492 e. The quantitative estimate of drug-likeness (QED) is 0.323. The SMILES string of the molecule is CC=C(OC)C(=O)Cl. The number of methoxy groups -OCH3 is 1. The number of carbonyl (C=O) groups is 1. The maximum atomic E-state index is 10.2. The van der Waals surface area contributed by atoms with Crippen molar-refractivity contribution in [3.8, 4) is 0 Å². The highest BCUT2D eigenvalue weighted by Gasteiger charge is 2.00. The number of carbonyl (C=O) groups excluding carboxylic acids is 1. The molecule has 0 aliphatic carbocycles. The van der Waals surface area contributed by atoms with Gasteiger partial charge in [-0.2, -0.15) is 0 Å². The van der Waals surface area contributed by atoms with E-state index in [1.54, 1.807) is 6.92 Å². The molecule has 0 rings (SSSR count). The Bertz CT molecular complexity index is 118. The fourth-order valence-electron chi connectivity index (χ4n) is 0.312. The zero-order chi connectivity index (χ0) is 6.57. The van der Waals surface area contributed by atoms with E-state index in [-0.39, 0.29) is 5.76 Å². The molecule has 0 amide bonds. The van der Waals surface area contributed by atoms with Crippen LogP contribution in [0, 0.1) is 0 Å². The lowest BCUT2D eigenvalue weighted by molar-refractivity contribution is -0.111. The van der Waals surface area contributed by atoms with E-state index in [0.29, 0.717) is 0 Å². The maximum Gasteiger partial charge on any atom is 0.286 e. The van der Waals surface area contributed by atoms with E-state index < -0.39 is 5.24 Å². The van der Waals surface area contributed by atoms with Crippen molar-refractivity contribution >= 4 is 16.8 Å². The van der Waals surface area contributed by atoms with E-state index >= 15 is 0 Å². The van der Waals surface area contributed by atoms with Crippen molar-refractivity contribution in [1.82, 2.24) is 0 Å². The van der Waals surface area contributed by atoms with Gasteiger partial charge in [-0.15, -0.1) is 0 Å². The first-order valence-corrected chi connectivity index (χ1v) is 2.50. The molecule has 0 fully saturated rings. The zero-order valence-corrected chi connectivity index (χ0v) is 5.53. The van der Waals surface area contributed by atoms with Gasteiger partial charge in [0.1, 0.15) is 0 Å². The Morgan fingerprint density at radius 1 is 1.75 bits per heavy atom. The topological polar surface area (TPSA) is 26.3 Å². The molecule has 0 aliphatic heterocycles. The summed E-state index contributed by atoms with van der Waals surface area (Å²) in [5.74, 6) is 0.187. The Labute approximate surface area is 53.1 Å². The van der Waals surface area contributed by atoms with Gasteiger partial charge in [-0.1, -0.05) is 0 Å². The van der Waals surface area contributed by atoms with Crippen LogP contribution in [0.4, 0.5) is 0 Å². The number of hydrogen-bond donors (Lipinski definition) is 0. The van der Waals surface area contributed by atoms with Crippen molar-refractivity contribution < 1.29 is 9.53 Å². The fourth-order valence-corrected chi connectivity index (χ4v) is 0.498. The number of hydrogen-bond acceptors (Lipinski definition) is 2. The lowest BCUT2D eigenvalue weighted by atomic mass is 10.5. The van der Waals surface area contributed by atoms with Crippen LogP contribution in [0.15, 0.2) is 11.8 Å². The van der Waals surface area contributed by atoms with Gasteiger partial charge in [-0.3, -0.25) is 4.79 Å². The Morgan fingerprint density at radius 2 is 2.25 bits per heavy atom. The third-order valence-corrected chi connectivity index (χ3v) is 0.862. The van der Waals surface area contributed by atoms with Crippen molar-refractivity contribution in [3.63, 3.8) is 0 Å². The molecular formula is C5H7ClO2. The summed E-state index contributed by atoms with van der Waals surface area (Å²) in [7, 11) is 1.40. The molecule has 46 valence electrons. The Balaban J connectivity index is 3.92. The summed E-state index contributed by atoms with van der Waals surface area (Å²) >= 11 is 5.01. The third-order valence-electron chi connectivity index (χ3n) is 0.676. The molecule has 0 saturated heterocycles. The summed E-state index contributed by atoms with van der Waals surface area (Å²) in [4.78, 5) is 10.2. The van der Waals surface area contributed by atoms with Gasteiger partial charge in [-0.05, 0) is 24.6 Å². The molecule has 0 heterocycles. The number of rotatable bonds is 2. The monoisotopic (exact) mass is 134 g/mol. The fraction of sp³-hybridized carbons (Fsp3) is 0.400. The van der Waals surface area contributed by atoms with Gasteiger partial charge in [0.05, 0.1) is 7.11 Å². The second-order valence-electron chi connectivity index (χ2n) is 1.13. The van der Waals surface area contributed by atoms with E-state index in [9.17, 15) is 4.79 Å². The van der Waals surface area contributed by atoms with Gasteiger partial charge in [0.2, 0.25) is 0 Å². The first kappa shape index (κ1) is 7.50. The van der Waals surface area contributed by atoms with Crippen LogP contribution in [0.25, 0.3) is 0 Å². The molecule has 0 N–H and O–H groups in total. The molecule has 0 spiro atoms. The van der Waals surface area contributed by atoms with Gasteiger partial charge < -0.3 is 4.74 Å². The molecule has 8 heavy (non-hydrogen) atoms. The van der Waals surface area contributed by atoms with Crippen LogP contribution in [-0.2, 0) is 9.53 Å². The van der Waals surface area contributed by atoms with Crippen molar-refractivity contribution in [2.24, 2.45) is 0 Å². The second-order valence-corrected chi connectivity index (χ2v) is 1.47. The summed E-state index contributed by atoms with van der Waals surface area (Å²) in [6, 6.07) is 0. The van der Waals surface area contributed by atoms with Gasteiger partial charge in [-0.25, -0.2) is 0 Å². The number of allylic oxidation sites excluding steroid dienone is 2. The molecule has 2 nitrogen and oxygen atoms in total. The van der Waals surface area contributed by atoms with Crippen molar-refractivity contribution in [2.45, 2.75) is 6.92 Å². The van der Waals surface area contributed by atoms with Gasteiger partial charge >= 0.3 is 0 Å². The average Bonchev–Trinajstić information content (AvgIpc) is 1.69. The Morgan fingerprint density at radius 3 is 2.25 bits per heavy atom. The standard InChI is InChI=1S/C5H7ClO2/c1-3-4(8-2)5(6)7/h3H,1-2H3. The van der Waals surface area contributed by atoms with Crippen LogP contribution in [0.3, 0.4) is 0 Å². The predicted molar refractivity (Wildman–Crippen MR) is 31.6 cm³/mol. The first-order valence-electron chi connectivity index (χ1n) is 2.12. The van der Waals surface area contributed by atoms with Crippen LogP contribution < -0.4 is 0 Å². The Kier molecular flexibility index (Phi) is 3.28. The minimum absolute atomic E-state index is 0.187. The summed E-state index contributed by atoms with van der Waals surface area (Å²) in [6.07, 6.45) is 1.51. The molecule has 0 aliphatic rings. The largest absolute Gasteiger partial charge is 0.492 e. The summed E-state index contributed by atoms with van der Waals surface area (Å²) < 4.78 is 4.54. The molecule has 0 atom stereocenters.